The van der Waals surface area contributed by atoms with Gasteiger partial charge in [-0.05, 0) is 25.7 Å². The van der Waals surface area contributed by atoms with Crippen molar-refractivity contribution in [2.75, 3.05) is 19.6 Å². The van der Waals surface area contributed by atoms with Crippen LogP contribution < -0.4 is 0 Å². The average molecular weight is 286 g/mol. The first-order chi connectivity index (χ1) is 8.94. The zero-order chi connectivity index (χ0) is 15.7. The fraction of sp³-hybridized carbons (Fsp3) is 0.857. The second-order valence-corrected chi connectivity index (χ2v) is 7.29. The lowest BCUT2D eigenvalue weighted by Crippen LogP contribution is -2.63. The van der Waals surface area contributed by atoms with Crippen LogP contribution in [0.5, 0.6) is 0 Å². The molecule has 2 amide bonds. The van der Waals surface area contributed by atoms with Crippen molar-refractivity contribution in [3.8, 4) is 0 Å². The van der Waals surface area contributed by atoms with Gasteiger partial charge in [-0.15, -0.1) is 0 Å². The number of amides is 2. The first-order valence-electron chi connectivity index (χ1n) is 6.91. The molecule has 6 heteroatoms. The van der Waals surface area contributed by atoms with Gasteiger partial charge >= 0.3 is 6.09 Å². The van der Waals surface area contributed by atoms with Crippen LogP contribution in [0.3, 0.4) is 0 Å². The minimum Gasteiger partial charge on any atom is -0.465 e. The molecule has 0 aromatic heterocycles. The summed E-state index contributed by atoms with van der Waals surface area (Å²) in [5.74, 6) is -0.307. The highest BCUT2D eigenvalue weighted by atomic mass is 16.4. The van der Waals surface area contributed by atoms with Crippen molar-refractivity contribution in [3.05, 3.63) is 0 Å². The number of nitrogens with zero attached hydrogens (tertiary/aromatic N) is 2. The monoisotopic (exact) mass is 286 g/mol. The predicted molar refractivity (Wildman–Crippen MR) is 75.5 cm³/mol. The van der Waals surface area contributed by atoms with E-state index in [1.165, 1.54) is 4.90 Å². The van der Waals surface area contributed by atoms with Crippen LogP contribution in [-0.2, 0) is 4.79 Å². The summed E-state index contributed by atoms with van der Waals surface area (Å²) in [4.78, 5) is 26.3. The maximum Gasteiger partial charge on any atom is 0.407 e. The molecule has 0 unspecified atom stereocenters. The number of rotatable bonds is 2. The Morgan fingerprint density at radius 2 is 1.80 bits per heavy atom. The SMILES string of the molecule is CC(C)(C)C[C@@H](O)C(=O)N1CCN(C(=O)O)C(C)(C)C1. The van der Waals surface area contributed by atoms with Crippen LogP contribution >= 0.6 is 0 Å². The van der Waals surface area contributed by atoms with E-state index in [-0.39, 0.29) is 17.9 Å². The van der Waals surface area contributed by atoms with Gasteiger partial charge in [0.15, 0.2) is 0 Å². The van der Waals surface area contributed by atoms with Crippen molar-refractivity contribution in [2.45, 2.75) is 52.7 Å². The Labute approximate surface area is 120 Å². The number of hydrogen-bond donors (Lipinski definition) is 2. The maximum absolute atomic E-state index is 12.3. The number of hydrogen-bond acceptors (Lipinski definition) is 3. The molecule has 1 aliphatic rings. The number of aliphatic hydroxyl groups excluding tert-OH is 1. The summed E-state index contributed by atoms with van der Waals surface area (Å²) < 4.78 is 0. The van der Waals surface area contributed by atoms with Crippen LogP contribution in [0, 0.1) is 5.41 Å². The van der Waals surface area contributed by atoms with E-state index in [9.17, 15) is 14.7 Å². The molecule has 0 aliphatic carbocycles. The van der Waals surface area contributed by atoms with Crippen LogP contribution in [0.2, 0.25) is 0 Å². The van der Waals surface area contributed by atoms with Crippen molar-refractivity contribution >= 4 is 12.0 Å². The summed E-state index contributed by atoms with van der Waals surface area (Å²) in [6, 6.07) is 0. The summed E-state index contributed by atoms with van der Waals surface area (Å²) in [7, 11) is 0. The Morgan fingerprint density at radius 3 is 2.20 bits per heavy atom. The molecular weight excluding hydrogens is 260 g/mol. The molecule has 0 aromatic carbocycles. The second kappa shape index (κ2) is 5.60. The molecule has 0 saturated carbocycles. The first-order valence-corrected chi connectivity index (χ1v) is 6.91. The van der Waals surface area contributed by atoms with Crippen molar-refractivity contribution in [2.24, 2.45) is 5.41 Å². The molecule has 6 nitrogen and oxygen atoms in total. The minimum absolute atomic E-state index is 0.131. The van der Waals surface area contributed by atoms with Crippen molar-refractivity contribution < 1.29 is 19.8 Å². The minimum atomic E-state index is -1.03. The predicted octanol–water partition coefficient (Wildman–Crippen LogP) is 1.38. The lowest BCUT2D eigenvalue weighted by molar-refractivity contribution is -0.146. The number of carbonyl (C=O) groups is 2. The maximum atomic E-state index is 12.3. The van der Waals surface area contributed by atoms with Crippen molar-refractivity contribution in [3.63, 3.8) is 0 Å². The quantitative estimate of drug-likeness (QED) is 0.803. The number of piperazine rings is 1. The molecule has 1 aliphatic heterocycles. The van der Waals surface area contributed by atoms with Gasteiger partial charge in [-0.3, -0.25) is 9.69 Å². The van der Waals surface area contributed by atoms with Crippen LogP contribution in [0.4, 0.5) is 4.79 Å². The van der Waals surface area contributed by atoms with Gasteiger partial charge in [-0.1, -0.05) is 20.8 Å². The summed E-state index contributed by atoms with van der Waals surface area (Å²) in [6.45, 7) is 10.4. The Kier molecular flexibility index (Phi) is 4.69. The standard InChI is InChI=1S/C14H26N2O4/c1-13(2,3)8-10(17)11(18)15-6-7-16(12(19)20)14(4,5)9-15/h10,17H,6-9H2,1-5H3,(H,19,20)/t10-/m1/s1. The number of carboxylic acid groups (broad SMARTS) is 1. The van der Waals surface area contributed by atoms with E-state index in [1.54, 1.807) is 18.7 Å². The van der Waals surface area contributed by atoms with Gasteiger partial charge in [0.05, 0.1) is 5.54 Å². The van der Waals surface area contributed by atoms with Gasteiger partial charge < -0.3 is 15.1 Å². The fourth-order valence-electron chi connectivity index (χ4n) is 2.58. The smallest absolute Gasteiger partial charge is 0.407 e. The Balaban J connectivity index is 2.71. The van der Waals surface area contributed by atoms with Crippen LogP contribution in [0.15, 0.2) is 0 Å². The van der Waals surface area contributed by atoms with E-state index >= 15 is 0 Å². The van der Waals surface area contributed by atoms with E-state index in [0.29, 0.717) is 19.5 Å². The normalized spacial score (nSPS) is 20.7. The first kappa shape index (κ1) is 16.8. The van der Waals surface area contributed by atoms with Gasteiger partial charge in [0.25, 0.3) is 5.91 Å². The summed E-state index contributed by atoms with van der Waals surface area (Å²) >= 11 is 0. The summed E-state index contributed by atoms with van der Waals surface area (Å²) in [6.07, 6.45) is -1.61. The molecule has 2 N–H and O–H groups in total. The third-order valence-electron chi connectivity index (χ3n) is 3.54. The summed E-state index contributed by atoms with van der Waals surface area (Å²) in [5.41, 5.74) is -0.769. The van der Waals surface area contributed by atoms with E-state index in [1.807, 2.05) is 20.8 Å². The molecule has 0 radical (unpaired) electrons. The zero-order valence-corrected chi connectivity index (χ0v) is 13.0. The van der Waals surface area contributed by atoms with Gasteiger partial charge in [-0.2, -0.15) is 0 Å². The molecule has 1 heterocycles. The van der Waals surface area contributed by atoms with E-state index in [4.69, 9.17) is 5.11 Å². The molecule has 116 valence electrons. The second-order valence-electron chi connectivity index (χ2n) is 7.29. The van der Waals surface area contributed by atoms with Crippen molar-refractivity contribution in [1.29, 1.82) is 0 Å². The zero-order valence-electron chi connectivity index (χ0n) is 13.0. The van der Waals surface area contributed by atoms with Gasteiger partial charge in [0, 0.05) is 19.6 Å². The molecular formula is C14H26N2O4. The molecule has 1 saturated heterocycles. The Morgan fingerprint density at radius 1 is 1.25 bits per heavy atom. The summed E-state index contributed by atoms with van der Waals surface area (Å²) in [5, 5.41) is 19.2. The Bertz CT molecular complexity index is 387. The topological polar surface area (TPSA) is 81.1 Å². The molecule has 20 heavy (non-hydrogen) atoms. The average Bonchev–Trinajstić information content (AvgIpc) is 2.23. The van der Waals surface area contributed by atoms with E-state index < -0.39 is 17.7 Å². The Hall–Kier alpha value is -1.30. The molecule has 0 bridgehead atoms. The lowest BCUT2D eigenvalue weighted by atomic mass is 9.88. The molecule has 1 rings (SSSR count). The van der Waals surface area contributed by atoms with E-state index in [0.717, 1.165) is 0 Å². The molecule has 1 atom stereocenters. The van der Waals surface area contributed by atoms with Crippen LogP contribution in [0.1, 0.15) is 41.0 Å². The fourth-order valence-corrected chi connectivity index (χ4v) is 2.58. The van der Waals surface area contributed by atoms with Crippen LogP contribution in [0.25, 0.3) is 0 Å². The van der Waals surface area contributed by atoms with Gasteiger partial charge in [0.2, 0.25) is 0 Å². The molecule has 0 spiro atoms. The molecule has 0 aromatic rings. The highest BCUT2D eigenvalue weighted by Gasteiger charge is 2.39. The van der Waals surface area contributed by atoms with Crippen molar-refractivity contribution in [1.82, 2.24) is 9.80 Å². The third kappa shape index (κ3) is 4.10. The van der Waals surface area contributed by atoms with E-state index in [2.05, 4.69) is 0 Å². The highest BCUT2D eigenvalue weighted by molar-refractivity contribution is 5.81. The number of aliphatic hydroxyl groups is 1. The highest BCUT2D eigenvalue weighted by Crippen LogP contribution is 2.25. The van der Waals surface area contributed by atoms with Gasteiger partial charge in [-0.25, -0.2) is 4.79 Å². The largest absolute Gasteiger partial charge is 0.465 e. The van der Waals surface area contributed by atoms with Crippen LogP contribution in [-0.4, -0.2) is 63.3 Å². The van der Waals surface area contributed by atoms with Gasteiger partial charge in [0.1, 0.15) is 6.10 Å². The third-order valence-corrected chi connectivity index (χ3v) is 3.54. The molecule has 1 fully saturated rings. The lowest BCUT2D eigenvalue weighted by Gasteiger charge is -2.46. The number of carbonyl (C=O) groups excluding carboxylic acids is 1.